The van der Waals surface area contributed by atoms with E-state index in [-0.39, 0.29) is 30.2 Å². The standard InChI is InChI=1S/C21H23N5O.ClH/c22-11-18-13-25(14-19(18)17-9-5-2-6-10-17)21(27)20-15-26(24-23-20)12-16-7-3-1-4-8-16;/h1-10,15,18-19H,11-14,22H2;1H/t18-,19+;/m1./s1. The Kier molecular flexibility index (Phi) is 6.44. The molecular weight excluding hydrogens is 374 g/mol. The number of nitrogens with zero attached hydrogens (tertiary/aromatic N) is 4. The van der Waals surface area contributed by atoms with Gasteiger partial charge in [0.1, 0.15) is 0 Å². The van der Waals surface area contributed by atoms with E-state index in [1.807, 2.05) is 53.4 Å². The minimum Gasteiger partial charge on any atom is -0.336 e. The van der Waals surface area contributed by atoms with E-state index in [0.29, 0.717) is 31.9 Å². The summed E-state index contributed by atoms with van der Waals surface area (Å²) in [5.74, 6) is 0.446. The Bertz CT molecular complexity index is 899. The highest BCUT2D eigenvalue weighted by Gasteiger charge is 2.36. The summed E-state index contributed by atoms with van der Waals surface area (Å²) in [5.41, 5.74) is 8.72. The summed E-state index contributed by atoms with van der Waals surface area (Å²) in [6.45, 7) is 2.47. The van der Waals surface area contributed by atoms with Crippen molar-refractivity contribution < 1.29 is 4.79 Å². The molecule has 1 aliphatic heterocycles. The van der Waals surface area contributed by atoms with Gasteiger partial charge in [0.25, 0.3) is 5.91 Å². The largest absolute Gasteiger partial charge is 0.336 e. The minimum atomic E-state index is -0.0776. The number of aromatic nitrogens is 3. The fourth-order valence-electron chi connectivity index (χ4n) is 3.76. The van der Waals surface area contributed by atoms with Crippen LogP contribution in [0.1, 0.15) is 27.5 Å². The summed E-state index contributed by atoms with van der Waals surface area (Å²) in [7, 11) is 0. The number of likely N-dealkylation sites (tertiary alicyclic amines) is 1. The molecule has 2 aromatic carbocycles. The van der Waals surface area contributed by atoms with Crippen LogP contribution in [0.3, 0.4) is 0 Å². The van der Waals surface area contributed by atoms with Gasteiger partial charge in [-0.25, -0.2) is 4.68 Å². The van der Waals surface area contributed by atoms with E-state index in [0.717, 1.165) is 5.56 Å². The smallest absolute Gasteiger partial charge is 0.276 e. The zero-order valence-corrected chi connectivity index (χ0v) is 16.3. The summed E-state index contributed by atoms with van der Waals surface area (Å²) >= 11 is 0. The van der Waals surface area contributed by atoms with Crippen molar-refractivity contribution in [2.75, 3.05) is 19.6 Å². The lowest BCUT2D eigenvalue weighted by Gasteiger charge is -2.16. The third-order valence-electron chi connectivity index (χ3n) is 5.20. The lowest BCUT2D eigenvalue weighted by Crippen LogP contribution is -2.30. The van der Waals surface area contributed by atoms with E-state index >= 15 is 0 Å². The lowest BCUT2D eigenvalue weighted by molar-refractivity contribution is 0.0780. The topological polar surface area (TPSA) is 77.0 Å². The Morgan fingerprint density at radius 3 is 2.39 bits per heavy atom. The summed E-state index contributed by atoms with van der Waals surface area (Å²) < 4.78 is 1.70. The van der Waals surface area contributed by atoms with Gasteiger partial charge in [-0.05, 0) is 23.6 Å². The molecule has 2 atom stereocenters. The van der Waals surface area contributed by atoms with Crippen LogP contribution in [0, 0.1) is 5.92 Å². The molecule has 3 aromatic rings. The molecule has 7 heteroatoms. The maximum atomic E-state index is 12.9. The van der Waals surface area contributed by atoms with E-state index in [1.165, 1.54) is 5.56 Å². The molecule has 4 rings (SSSR count). The number of rotatable bonds is 5. The first kappa shape index (κ1) is 20.0. The molecule has 2 heterocycles. The first-order chi connectivity index (χ1) is 13.2. The molecule has 1 aliphatic rings. The molecule has 0 aliphatic carbocycles. The molecule has 0 unspecified atom stereocenters. The van der Waals surface area contributed by atoms with E-state index in [9.17, 15) is 4.79 Å². The Hall–Kier alpha value is -2.70. The minimum absolute atomic E-state index is 0. The first-order valence-corrected chi connectivity index (χ1v) is 9.23. The van der Waals surface area contributed by atoms with Crippen molar-refractivity contribution in [3.8, 4) is 0 Å². The van der Waals surface area contributed by atoms with Crippen molar-refractivity contribution in [3.05, 3.63) is 83.7 Å². The quantitative estimate of drug-likeness (QED) is 0.717. The molecule has 28 heavy (non-hydrogen) atoms. The Morgan fingerprint density at radius 2 is 1.71 bits per heavy atom. The van der Waals surface area contributed by atoms with Crippen LogP contribution in [0.4, 0.5) is 0 Å². The molecule has 1 aromatic heterocycles. The second kappa shape index (κ2) is 8.99. The van der Waals surface area contributed by atoms with E-state index < -0.39 is 0 Å². The Balaban J connectivity index is 0.00000225. The molecule has 2 N–H and O–H groups in total. The van der Waals surface area contributed by atoms with Crippen LogP contribution in [0.25, 0.3) is 0 Å². The van der Waals surface area contributed by atoms with Crippen LogP contribution in [0.2, 0.25) is 0 Å². The van der Waals surface area contributed by atoms with Gasteiger partial charge in [-0.2, -0.15) is 0 Å². The van der Waals surface area contributed by atoms with Gasteiger partial charge in [-0.1, -0.05) is 65.9 Å². The third kappa shape index (κ3) is 4.24. The van der Waals surface area contributed by atoms with Crippen LogP contribution in [-0.4, -0.2) is 45.4 Å². The Morgan fingerprint density at radius 1 is 1.04 bits per heavy atom. The van der Waals surface area contributed by atoms with Gasteiger partial charge in [0.2, 0.25) is 0 Å². The van der Waals surface area contributed by atoms with Crippen LogP contribution in [0.5, 0.6) is 0 Å². The summed E-state index contributed by atoms with van der Waals surface area (Å²) in [6.07, 6.45) is 1.72. The predicted octanol–water partition coefficient (Wildman–Crippen LogP) is 2.56. The van der Waals surface area contributed by atoms with Gasteiger partial charge in [0.15, 0.2) is 5.69 Å². The molecule has 0 spiro atoms. The fraction of sp³-hybridized carbons (Fsp3) is 0.286. The zero-order valence-electron chi connectivity index (χ0n) is 15.5. The van der Waals surface area contributed by atoms with Gasteiger partial charge in [-0.3, -0.25) is 4.79 Å². The third-order valence-corrected chi connectivity index (χ3v) is 5.20. The average Bonchev–Trinajstić information content (AvgIpc) is 3.36. The van der Waals surface area contributed by atoms with E-state index in [1.54, 1.807) is 10.9 Å². The van der Waals surface area contributed by atoms with Gasteiger partial charge in [0, 0.05) is 19.0 Å². The molecule has 1 fully saturated rings. The first-order valence-electron chi connectivity index (χ1n) is 9.23. The predicted molar refractivity (Wildman–Crippen MR) is 110 cm³/mol. The maximum absolute atomic E-state index is 12.9. The molecule has 1 saturated heterocycles. The zero-order chi connectivity index (χ0) is 18.6. The van der Waals surface area contributed by atoms with Crippen LogP contribution < -0.4 is 5.73 Å². The lowest BCUT2D eigenvalue weighted by atomic mass is 9.89. The number of carbonyl (C=O) groups is 1. The average molecular weight is 398 g/mol. The Labute approximate surface area is 170 Å². The van der Waals surface area contributed by atoms with Crippen molar-refractivity contribution in [2.24, 2.45) is 11.7 Å². The molecule has 0 saturated carbocycles. The fourth-order valence-corrected chi connectivity index (χ4v) is 3.76. The molecule has 1 amide bonds. The molecule has 146 valence electrons. The number of hydrogen-bond donors (Lipinski definition) is 1. The number of carbonyl (C=O) groups excluding carboxylic acids is 1. The highest BCUT2D eigenvalue weighted by molar-refractivity contribution is 5.92. The number of amides is 1. The van der Waals surface area contributed by atoms with Crippen LogP contribution in [0.15, 0.2) is 66.9 Å². The van der Waals surface area contributed by atoms with Gasteiger partial charge in [-0.15, -0.1) is 17.5 Å². The molecule has 0 radical (unpaired) electrons. The summed E-state index contributed by atoms with van der Waals surface area (Å²) in [4.78, 5) is 14.8. The summed E-state index contributed by atoms with van der Waals surface area (Å²) in [6, 6.07) is 20.3. The number of hydrogen-bond acceptors (Lipinski definition) is 4. The number of halogens is 1. The normalized spacial score (nSPS) is 18.7. The monoisotopic (exact) mass is 397 g/mol. The second-order valence-corrected chi connectivity index (χ2v) is 7.01. The van der Waals surface area contributed by atoms with Crippen molar-refractivity contribution in [1.29, 1.82) is 0 Å². The molecule has 6 nitrogen and oxygen atoms in total. The summed E-state index contributed by atoms with van der Waals surface area (Å²) in [5, 5.41) is 8.21. The van der Waals surface area contributed by atoms with E-state index in [2.05, 4.69) is 22.4 Å². The molecule has 0 bridgehead atoms. The second-order valence-electron chi connectivity index (χ2n) is 7.01. The van der Waals surface area contributed by atoms with Crippen LogP contribution >= 0.6 is 12.4 Å². The highest BCUT2D eigenvalue weighted by Crippen LogP contribution is 2.32. The van der Waals surface area contributed by atoms with Crippen molar-refractivity contribution in [1.82, 2.24) is 19.9 Å². The van der Waals surface area contributed by atoms with Gasteiger partial charge < -0.3 is 10.6 Å². The van der Waals surface area contributed by atoms with Crippen molar-refractivity contribution in [2.45, 2.75) is 12.5 Å². The SMILES string of the molecule is Cl.NC[C@@H]1CN(C(=O)c2cn(Cc3ccccc3)nn2)C[C@H]1c1ccccc1. The van der Waals surface area contributed by atoms with Gasteiger partial charge >= 0.3 is 0 Å². The van der Waals surface area contributed by atoms with Crippen molar-refractivity contribution in [3.63, 3.8) is 0 Å². The maximum Gasteiger partial charge on any atom is 0.276 e. The highest BCUT2D eigenvalue weighted by atomic mass is 35.5. The number of benzene rings is 2. The van der Waals surface area contributed by atoms with Crippen LogP contribution in [-0.2, 0) is 6.54 Å². The molecular formula is C21H24ClN5O. The van der Waals surface area contributed by atoms with Crippen molar-refractivity contribution >= 4 is 18.3 Å². The number of nitrogens with two attached hydrogens (primary N) is 1. The van der Waals surface area contributed by atoms with Gasteiger partial charge in [0.05, 0.1) is 12.7 Å². The van der Waals surface area contributed by atoms with E-state index in [4.69, 9.17) is 5.73 Å².